The zero-order valence-electron chi connectivity index (χ0n) is 8.54. The summed E-state index contributed by atoms with van der Waals surface area (Å²) in [6.07, 6.45) is 2.72. The molecule has 1 radical (unpaired) electrons. The average Bonchev–Trinajstić information content (AvgIpc) is 2.03. The maximum absolute atomic E-state index is 10.9. The van der Waals surface area contributed by atoms with Gasteiger partial charge in [-0.3, -0.25) is 9.59 Å². The number of ketones is 1. The number of ether oxygens (including phenoxy) is 1. The Kier molecular flexibility index (Phi) is 10.6. The van der Waals surface area contributed by atoms with Crippen LogP contribution >= 0.6 is 0 Å². The third-order valence-corrected chi connectivity index (χ3v) is 1.47. The summed E-state index contributed by atoms with van der Waals surface area (Å²) < 4.78 is 4.12. The van der Waals surface area contributed by atoms with Gasteiger partial charge in [0.05, 0.1) is 0 Å². The molecule has 4 nitrogen and oxygen atoms in total. The first-order valence-electron chi connectivity index (χ1n) is 4.33. The Morgan fingerprint density at radius 2 is 1.71 bits per heavy atom. The van der Waals surface area contributed by atoms with E-state index in [1.807, 2.05) is 6.92 Å². The molecule has 0 amide bonds. The second kappa shape index (κ2) is 9.24. The van der Waals surface area contributed by atoms with E-state index in [2.05, 4.69) is 4.74 Å². The fourth-order valence-electron chi connectivity index (χ4n) is 0.825. The predicted octanol–water partition coefficient (Wildman–Crippen LogP) is 1.22. The number of esters is 2. The van der Waals surface area contributed by atoms with Crippen molar-refractivity contribution in [3.05, 3.63) is 0 Å². The molecule has 0 N–H and O–H groups in total. The first-order chi connectivity index (χ1) is 6.07. The van der Waals surface area contributed by atoms with Crippen LogP contribution in [0.1, 0.15) is 39.5 Å². The van der Waals surface area contributed by atoms with Gasteiger partial charge in [0.25, 0.3) is 0 Å². The third kappa shape index (κ3) is 8.29. The molecule has 0 saturated carbocycles. The molecule has 0 aliphatic heterocycles. The number of Topliss-reactive ketones (excluding diaryl/α,β-unsaturated/α-hetero) is 1. The van der Waals surface area contributed by atoms with Crippen molar-refractivity contribution in [2.24, 2.45) is 0 Å². The number of hydrogen-bond acceptors (Lipinski definition) is 4. The van der Waals surface area contributed by atoms with Gasteiger partial charge in [0, 0.05) is 39.2 Å². The molecule has 0 unspecified atom stereocenters. The summed E-state index contributed by atoms with van der Waals surface area (Å²) >= 11 is 0. The van der Waals surface area contributed by atoms with Crippen LogP contribution in [-0.2, 0) is 45.0 Å². The standard InChI is InChI=1S/C9H14O4.Sc/c1-3-4-5-6-8(11)9(12)13-7(2)10;/h3-6H2,1-2H3;. The van der Waals surface area contributed by atoms with E-state index in [9.17, 15) is 14.4 Å². The molecule has 0 aliphatic carbocycles. The Bertz CT molecular complexity index is 213. The van der Waals surface area contributed by atoms with Gasteiger partial charge in [-0.05, 0) is 6.42 Å². The molecule has 0 aromatic heterocycles. The normalized spacial score (nSPS) is 8.71. The van der Waals surface area contributed by atoms with Gasteiger partial charge in [0.2, 0.25) is 5.78 Å². The molecule has 14 heavy (non-hydrogen) atoms. The summed E-state index contributed by atoms with van der Waals surface area (Å²) in [6, 6.07) is 0. The molecule has 0 spiro atoms. The maximum atomic E-state index is 10.9. The largest absolute Gasteiger partial charge is 0.387 e. The number of carbonyl (C=O) groups excluding carboxylic acids is 3. The van der Waals surface area contributed by atoms with Crippen LogP contribution in [0.15, 0.2) is 0 Å². The molecule has 0 heterocycles. The molecule has 5 heteroatoms. The van der Waals surface area contributed by atoms with Gasteiger partial charge in [-0.2, -0.15) is 0 Å². The Balaban J connectivity index is 0. The van der Waals surface area contributed by atoms with Crippen LogP contribution in [0.4, 0.5) is 0 Å². The van der Waals surface area contributed by atoms with Crippen molar-refractivity contribution in [2.75, 3.05) is 0 Å². The second-order valence-electron chi connectivity index (χ2n) is 2.76. The van der Waals surface area contributed by atoms with Crippen LogP contribution in [0.25, 0.3) is 0 Å². The monoisotopic (exact) mass is 231 g/mol. The van der Waals surface area contributed by atoms with Gasteiger partial charge in [0.1, 0.15) is 0 Å². The van der Waals surface area contributed by atoms with Gasteiger partial charge in [-0.1, -0.05) is 19.8 Å². The number of unbranched alkanes of at least 4 members (excludes halogenated alkanes) is 2. The molecule has 77 valence electrons. The van der Waals surface area contributed by atoms with Crippen LogP contribution in [-0.4, -0.2) is 17.7 Å². The Hall–Kier alpha value is -0.320. The summed E-state index contributed by atoms with van der Waals surface area (Å²) in [5, 5.41) is 0. The number of rotatable bonds is 5. The van der Waals surface area contributed by atoms with Crippen molar-refractivity contribution in [1.82, 2.24) is 0 Å². The molecular formula is C9H14O4Sc. The predicted molar refractivity (Wildman–Crippen MR) is 45.9 cm³/mol. The molecule has 0 aromatic rings. The van der Waals surface area contributed by atoms with Crippen LogP contribution < -0.4 is 0 Å². The zero-order valence-corrected chi connectivity index (χ0v) is 10.3. The molecule has 0 fully saturated rings. The van der Waals surface area contributed by atoms with Crippen molar-refractivity contribution < 1.29 is 45.0 Å². The van der Waals surface area contributed by atoms with E-state index in [1.165, 1.54) is 0 Å². The Labute approximate surface area is 102 Å². The summed E-state index contributed by atoms with van der Waals surface area (Å²) in [6.45, 7) is 3.09. The van der Waals surface area contributed by atoms with E-state index in [0.717, 1.165) is 19.8 Å². The van der Waals surface area contributed by atoms with Crippen LogP contribution in [0, 0.1) is 0 Å². The first kappa shape index (κ1) is 16.1. The quantitative estimate of drug-likeness (QED) is 0.309. The third-order valence-electron chi connectivity index (χ3n) is 1.47. The minimum absolute atomic E-state index is 0. The van der Waals surface area contributed by atoms with Crippen molar-refractivity contribution in [1.29, 1.82) is 0 Å². The topological polar surface area (TPSA) is 60.4 Å². The molecule has 0 rings (SSSR count). The molecule has 0 aromatic carbocycles. The van der Waals surface area contributed by atoms with E-state index in [4.69, 9.17) is 0 Å². The van der Waals surface area contributed by atoms with E-state index in [-0.39, 0.29) is 32.3 Å². The number of hydrogen-bond donors (Lipinski definition) is 0. The number of carbonyl (C=O) groups is 3. The summed E-state index contributed by atoms with van der Waals surface area (Å²) in [5.74, 6) is -2.40. The van der Waals surface area contributed by atoms with Gasteiger partial charge >= 0.3 is 11.9 Å². The fraction of sp³-hybridized carbons (Fsp3) is 0.667. The minimum Gasteiger partial charge on any atom is -0.387 e. The first-order valence-corrected chi connectivity index (χ1v) is 4.33. The average molecular weight is 231 g/mol. The second-order valence-corrected chi connectivity index (χ2v) is 2.76. The van der Waals surface area contributed by atoms with E-state index in [0.29, 0.717) is 6.42 Å². The molecule has 0 saturated heterocycles. The molecule has 0 bridgehead atoms. The van der Waals surface area contributed by atoms with Crippen LogP contribution in [0.5, 0.6) is 0 Å². The van der Waals surface area contributed by atoms with Crippen LogP contribution in [0.2, 0.25) is 0 Å². The summed E-state index contributed by atoms with van der Waals surface area (Å²) in [7, 11) is 0. The van der Waals surface area contributed by atoms with Gasteiger partial charge in [-0.25, -0.2) is 4.79 Å². The molecule has 0 aliphatic rings. The van der Waals surface area contributed by atoms with E-state index in [1.54, 1.807) is 0 Å². The maximum Gasteiger partial charge on any atom is 0.382 e. The summed E-state index contributed by atoms with van der Waals surface area (Å²) in [4.78, 5) is 32.0. The summed E-state index contributed by atoms with van der Waals surface area (Å²) in [5.41, 5.74) is 0. The van der Waals surface area contributed by atoms with Crippen molar-refractivity contribution in [2.45, 2.75) is 39.5 Å². The van der Waals surface area contributed by atoms with Gasteiger partial charge in [0.15, 0.2) is 0 Å². The Morgan fingerprint density at radius 3 is 2.14 bits per heavy atom. The fourth-order valence-corrected chi connectivity index (χ4v) is 0.825. The molecule has 0 atom stereocenters. The van der Waals surface area contributed by atoms with E-state index >= 15 is 0 Å². The Morgan fingerprint density at radius 1 is 1.14 bits per heavy atom. The van der Waals surface area contributed by atoms with E-state index < -0.39 is 17.7 Å². The van der Waals surface area contributed by atoms with Gasteiger partial charge < -0.3 is 4.74 Å². The zero-order chi connectivity index (χ0) is 10.3. The minimum atomic E-state index is -1.04. The van der Waals surface area contributed by atoms with Crippen molar-refractivity contribution in [3.8, 4) is 0 Å². The van der Waals surface area contributed by atoms with Crippen molar-refractivity contribution >= 4 is 17.7 Å². The smallest absolute Gasteiger partial charge is 0.382 e. The molecular weight excluding hydrogens is 217 g/mol. The van der Waals surface area contributed by atoms with Gasteiger partial charge in [-0.15, -0.1) is 0 Å². The van der Waals surface area contributed by atoms with Crippen LogP contribution in [0.3, 0.4) is 0 Å². The van der Waals surface area contributed by atoms with Crippen molar-refractivity contribution in [3.63, 3.8) is 0 Å². The SMILES string of the molecule is CCCCCC(=O)C(=O)OC(C)=O.[Sc].